The lowest BCUT2D eigenvalue weighted by molar-refractivity contribution is -0.139. The van der Waals surface area contributed by atoms with E-state index in [0.29, 0.717) is 43.1 Å². The van der Waals surface area contributed by atoms with E-state index in [4.69, 9.17) is 11.6 Å². The summed E-state index contributed by atoms with van der Waals surface area (Å²) < 4.78 is -0.790. The second-order valence-electron chi connectivity index (χ2n) is 11.2. The smallest absolute Gasteiger partial charge is 0.251 e. The molecule has 1 N–H and O–H groups in total. The Morgan fingerprint density at radius 2 is 1.70 bits per heavy atom. The summed E-state index contributed by atoms with van der Waals surface area (Å²) in [6.45, 7) is 8.73. The third-order valence-electron chi connectivity index (χ3n) is 8.73. The number of hydrogen-bond acceptors (Lipinski definition) is 5. The van der Waals surface area contributed by atoms with Crippen LogP contribution in [0.3, 0.4) is 0 Å². The van der Waals surface area contributed by atoms with Gasteiger partial charge in [0.15, 0.2) is 0 Å². The molecule has 7 nitrogen and oxygen atoms in total. The van der Waals surface area contributed by atoms with Crippen LogP contribution >= 0.6 is 39.3 Å². The van der Waals surface area contributed by atoms with Gasteiger partial charge in [-0.3, -0.25) is 14.4 Å². The van der Waals surface area contributed by atoms with Crippen molar-refractivity contribution < 1.29 is 19.5 Å². The molecule has 0 saturated carbocycles. The Kier molecular flexibility index (Phi) is 10.1. The van der Waals surface area contributed by atoms with Crippen LogP contribution in [0.15, 0.2) is 79.9 Å². The minimum Gasteiger partial charge on any atom is -0.396 e. The lowest BCUT2D eigenvalue weighted by Crippen LogP contribution is -2.56. The van der Waals surface area contributed by atoms with E-state index < -0.39 is 22.6 Å². The van der Waals surface area contributed by atoms with Gasteiger partial charge in [-0.25, -0.2) is 0 Å². The Morgan fingerprint density at radius 1 is 1.02 bits per heavy atom. The number of carbonyl (C=O) groups excluding carboxylic acids is 3. The molecule has 0 aromatic heterocycles. The van der Waals surface area contributed by atoms with Gasteiger partial charge in [-0.1, -0.05) is 70.0 Å². The largest absolute Gasteiger partial charge is 0.396 e. The summed E-state index contributed by atoms with van der Waals surface area (Å²) in [5.41, 5.74) is 1.30. The van der Waals surface area contributed by atoms with Gasteiger partial charge in [-0.2, -0.15) is 0 Å². The van der Waals surface area contributed by atoms with E-state index in [2.05, 4.69) is 29.1 Å². The number of alkyl halides is 1. The third-order valence-corrected chi connectivity index (χ3v) is 12.3. The number of aliphatic hydroxyl groups is 1. The number of likely N-dealkylation sites (tertiary alicyclic amines) is 1. The van der Waals surface area contributed by atoms with Crippen LogP contribution in [0.1, 0.15) is 25.7 Å². The Bertz CT molecular complexity index is 1380. The van der Waals surface area contributed by atoms with E-state index in [1.54, 1.807) is 50.7 Å². The maximum absolute atomic E-state index is 14.7. The zero-order chi connectivity index (χ0) is 30.7. The number of fused-ring (bicyclic) bond motifs is 1. The second kappa shape index (κ2) is 13.6. The topological polar surface area (TPSA) is 81.2 Å². The molecule has 6 atom stereocenters. The molecular weight excluding hydrogens is 650 g/mol. The molecule has 2 aromatic carbocycles. The van der Waals surface area contributed by atoms with Crippen LogP contribution in [0.25, 0.3) is 0 Å². The van der Waals surface area contributed by atoms with Crippen molar-refractivity contribution in [3.05, 3.63) is 84.9 Å². The molecule has 0 radical (unpaired) electrons. The maximum Gasteiger partial charge on any atom is 0.251 e. The fourth-order valence-corrected chi connectivity index (χ4v) is 10.8. The summed E-state index contributed by atoms with van der Waals surface area (Å²) in [6, 6.07) is 15.8. The van der Waals surface area contributed by atoms with E-state index >= 15 is 0 Å². The number of amides is 3. The highest BCUT2D eigenvalue weighted by Crippen LogP contribution is 2.68. The number of thioether (sulfide) groups is 1. The van der Waals surface area contributed by atoms with Crippen molar-refractivity contribution in [2.45, 2.75) is 46.5 Å². The normalized spacial score (nSPS) is 27.2. The molecule has 3 aliphatic heterocycles. The van der Waals surface area contributed by atoms with Crippen LogP contribution < -0.4 is 9.80 Å². The number of nitrogens with zero attached hydrogens (tertiary/aromatic N) is 3. The van der Waals surface area contributed by atoms with Crippen LogP contribution in [-0.2, 0) is 14.4 Å². The van der Waals surface area contributed by atoms with Gasteiger partial charge in [0.1, 0.15) is 6.04 Å². The van der Waals surface area contributed by atoms with Gasteiger partial charge in [0, 0.05) is 42.0 Å². The Balaban J connectivity index is 1.57. The van der Waals surface area contributed by atoms with Crippen molar-refractivity contribution in [3.8, 4) is 0 Å². The zero-order valence-corrected chi connectivity index (χ0v) is 27.1. The molecule has 228 valence electrons. The van der Waals surface area contributed by atoms with Gasteiger partial charge in [0.25, 0.3) is 5.91 Å². The van der Waals surface area contributed by atoms with Gasteiger partial charge in [0.2, 0.25) is 11.8 Å². The summed E-state index contributed by atoms with van der Waals surface area (Å²) in [5, 5.41) is 9.61. The highest BCUT2D eigenvalue weighted by atomic mass is 79.9. The molecule has 1 spiro atoms. The zero-order valence-electron chi connectivity index (χ0n) is 24.0. The molecule has 3 amide bonds. The van der Waals surface area contributed by atoms with E-state index in [0.717, 1.165) is 12.1 Å². The maximum atomic E-state index is 14.7. The quantitative estimate of drug-likeness (QED) is 0.166. The van der Waals surface area contributed by atoms with Crippen LogP contribution in [0.5, 0.6) is 0 Å². The van der Waals surface area contributed by atoms with E-state index in [1.165, 1.54) is 0 Å². The fraction of sp³-hybridized carbons (Fsp3) is 0.424. The van der Waals surface area contributed by atoms with Crippen LogP contribution in [-0.4, -0.2) is 74.8 Å². The van der Waals surface area contributed by atoms with Crippen LogP contribution in [0.2, 0.25) is 5.02 Å². The third kappa shape index (κ3) is 5.70. The second-order valence-corrected chi connectivity index (χ2v) is 14.4. The number of hydrogen-bond donors (Lipinski definition) is 1. The predicted molar refractivity (Wildman–Crippen MR) is 178 cm³/mol. The molecule has 2 bridgehead atoms. The number of halogens is 2. The first-order valence-electron chi connectivity index (χ1n) is 14.7. The van der Waals surface area contributed by atoms with Crippen LogP contribution in [0, 0.1) is 11.8 Å². The fourth-order valence-electron chi connectivity index (χ4n) is 7.00. The van der Waals surface area contributed by atoms with Crippen molar-refractivity contribution >= 4 is 68.4 Å². The number of unbranched alkanes of at least 4 members (excludes halogenated alkanes) is 2. The van der Waals surface area contributed by atoms with Crippen molar-refractivity contribution in [3.63, 3.8) is 0 Å². The molecule has 5 rings (SSSR count). The van der Waals surface area contributed by atoms with Gasteiger partial charge in [-0.15, -0.1) is 24.9 Å². The van der Waals surface area contributed by atoms with Crippen molar-refractivity contribution in [2.24, 2.45) is 11.8 Å². The molecule has 2 aromatic rings. The molecule has 3 saturated heterocycles. The highest BCUT2D eigenvalue weighted by molar-refractivity contribution is 9.09. The van der Waals surface area contributed by atoms with E-state index in [1.807, 2.05) is 42.5 Å². The van der Waals surface area contributed by atoms with E-state index in [-0.39, 0.29) is 41.0 Å². The molecule has 43 heavy (non-hydrogen) atoms. The SMILES string of the molecule is C=CCN(C(=O)[C@H]1[C@@H]2SC3(CC2Br)C(C(=O)N(CC=C)c2ccccc2Cl)N(CCCCCO)C(=O)[C@H]13)c1ccccc1. The number of rotatable bonds is 13. The van der Waals surface area contributed by atoms with Gasteiger partial charge < -0.3 is 19.8 Å². The number of anilines is 2. The molecule has 10 heteroatoms. The summed E-state index contributed by atoms with van der Waals surface area (Å²) in [6.07, 6.45) is 5.92. The van der Waals surface area contributed by atoms with Gasteiger partial charge in [-0.05, 0) is 49.9 Å². The first kappa shape index (κ1) is 31.8. The lowest BCUT2D eigenvalue weighted by Gasteiger charge is -2.38. The number of carbonyl (C=O) groups is 3. The molecule has 3 fully saturated rings. The average molecular weight is 687 g/mol. The van der Waals surface area contributed by atoms with Gasteiger partial charge >= 0.3 is 0 Å². The average Bonchev–Trinajstić information content (AvgIpc) is 3.60. The summed E-state index contributed by atoms with van der Waals surface area (Å²) in [5.74, 6) is -1.77. The first-order chi connectivity index (χ1) is 20.8. The number of aliphatic hydroxyl groups excluding tert-OH is 1. The monoisotopic (exact) mass is 685 g/mol. The number of para-hydroxylation sites is 2. The van der Waals surface area contributed by atoms with Crippen molar-refractivity contribution in [1.29, 1.82) is 0 Å². The Labute approximate surface area is 271 Å². The Hall–Kier alpha value is -2.59. The van der Waals surface area contributed by atoms with Crippen LogP contribution in [0.4, 0.5) is 11.4 Å². The summed E-state index contributed by atoms with van der Waals surface area (Å²) in [4.78, 5) is 48.7. The van der Waals surface area contributed by atoms with Crippen molar-refractivity contribution in [1.82, 2.24) is 4.90 Å². The highest BCUT2D eigenvalue weighted by Gasteiger charge is 2.76. The molecule has 3 unspecified atom stereocenters. The minimum absolute atomic E-state index is 0.0466. The molecule has 3 aliphatic rings. The van der Waals surface area contributed by atoms with Crippen molar-refractivity contribution in [2.75, 3.05) is 36.0 Å². The first-order valence-corrected chi connectivity index (χ1v) is 16.9. The van der Waals surface area contributed by atoms with E-state index in [9.17, 15) is 19.5 Å². The summed E-state index contributed by atoms with van der Waals surface area (Å²) >= 11 is 12.1. The number of benzene rings is 2. The molecular formula is C33H37BrClN3O4S. The van der Waals surface area contributed by atoms with Gasteiger partial charge in [0.05, 0.1) is 27.3 Å². The lowest BCUT2D eigenvalue weighted by atomic mass is 9.70. The minimum atomic E-state index is -0.790. The predicted octanol–water partition coefficient (Wildman–Crippen LogP) is 5.71. The Morgan fingerprint density at radius 3 is 2.37 bits per heavy atom. The molecule has 0 aliphatic carbocycles. The summed E-state index contributed by atoms with van der Waals surface area (Å²) in [7, 11) is 0. The standard InChI is InChI=1S/C33H37BrClN3O4S/c1-3-17-36(22-13-7-5-8-14-22)30(40)26-27-31(41)38(19-11-6-12-20-39)29(33(27)21-23(34)28(26)43-33)32(42)37(18-4-2)25-16-10-9-15-24(25)35/h3-5,7-10,13-16,23,26-29,39H,1-2,6,11-12,17-21H2/t23?,26-,27+,28-,29?,33?/m1/s1. The molecule has 3 heterocycles.